The fraction of sp³-hybridized carbons (Fsp3) is 0.800. The van der Waals surface area contributed by atoms with Gasteiger partial charge in [-0.15, -0.1) is 0 Å². The number of aromatic nitrogens is 3. The minimum atomic E-state index is -0.627. The Balaban J connectivity index is 1.88. The van der Waals surface area contributed by atoms with Crippen LogP contribution in [-0.2, 0) is 18.9 Å². The van der Waals surface area contributed by atoms with Crippen LogP contribution in [-0.4, -0.2) is 46.8 Å². The van der Waals surface area contributed by atoms with E-state index in [1.807, 2.05) is 13.8 Å². The van der Waals surface area contributed by atoms with E-state index in [1.165, 1.54) is 0 Å². The van der Waals surface area contributed by atoms with Crippen LogP contribution in [0.15, 0.2) is 6.20 Å². The molecule has 7 nitrogen and oxygen atoms in total. The second-order valence-corrected chi connectivity index (χ2v) is 4.62. The molecule has 1 aromatic rings. The molecule has 3 rings (SSSR count). The number of ether oxygens (including phenoxy) is 4. The molecule has 0 spiro atoms. The van der Waals surface area contributed by atoms with Gasteiger partial charge in [0, 0.05) is 7.11 Å². The lowest BCUT2D eigenvalue weighted by molar-refractivity contribution is -0.228. The van der Waals surface area contributed by atoms with Crippen LogP contribution < -0.4 is 0 Å². The van der Waals surface area contributed by atoms with Crippen LogP contribution in [0.1, 0.15) is 25.6 Å². The highest BCUT2D eigenvalue weighted by atomic mass is 16.8. The standard InChI is InChI=1S/C10H15N3O4/c1-10(2)16-7-6(5-4-11-13-12-5)15-9(14-3)8(7)17-10/h4,6-9H,1-3H3,(H,11,12,13). The summed E-state index contributed by atoms with van der Waals surface area (Å²) in [5, 5.41) is 10.4. The first-order chi connectivity index (χ1) is 8.11. The van der Waals surface area contributed by atoms with Gasteiger partial charge in [0.1, 0.15) is 24.0 Å². The summed E-state index contributed by atoms with van der Waals surface area (Å²) in [4.78, 5) is 0. The van der Waals surface area contributed by atoms with Gasteiger partial charge in [-0.3, -0.25) is 0 Å². The van der Waals surface area contributed by atoms with Crippen molar-refractivity contribution < 1.29 is 18.9 Å². The third-order valence-corrected chi connectivity index (χ3v) is 2.97. The van der Waals surface area contributed by atoms with Crippen LogP contribution in [0, 0.1) is 0 Å². The fourth-order valence-corrected chi connectivity index (χ4v) is 2.34. The highest BCUT2D eigenvalue weighted by Gasteiger charge is 2.56. The molecule has 3 heterocycles. The number of nitrogens with zero attached hydrogens (tertiary/aromatic N) is 2. The van der Waals surface area contributed by atoms with Crippen molar-refractivity contribution >= 4 is 0 Å². The van der Waals surface area contributed by atoms with E-state index >= 15 is 0 Å². The van der Waals surface area contributed by atoms with E-state index < -0.39 is 12.1 Å². The summed E-state index contributed by atoms with van der Waals surface area (Å²) in [5.74, 6) is -0.627. The molecule has 2 aliphatic heterocycles. The zero-order chi connectivity index (χ0) is 12.0. The molecule has 2 fully saturated rings. The maximum absolute atomic E-state index is 5.83. The zero-order valence-corrected chi connectivity index (χ0v) is 9.91. The first-order valence-corrected chi connectivity index (χ1v) is 5.50. The molecular formula is C10H15N3O4. The Morgan fingerprint density at radius 3 is 2.76 bits per heavy atom. The van der Waals surface area contributed by atoms with Gasteiger partial charge in [0.2, 0.25) is 0 Å². The Bertz CT molecular complexity index is 394. The zero-order valence-electron chi connectivity index (χ0n) is 9.91. The Kier molecular flexibility index (Phi) is 2.44. The molecule has 1 N–H and O–H groups in total. The summed E-state index contributed by atoms with van der Waals surface area (Å²) in [5.41, 5.74) is 0.695. The van der Waals surface area contributed by atoms with Crippen molar-refractivity contribution in [2.45, 2.75) is 44.2 Å². The van der Waals surface area contributed by atoms with Gasteiger partial charge < -0.3 is 18.9 Å². The van der Waals surface area contributed by atoms with E-state index in [0.29, 0.717) is 5.69 Å². The van der Waals surface area contributed by atoms with Crippen molar-refractivity contribution in [3.05, 3.63) is 11.9 Å². The third-order valence-electron chi connectivity index (χ3n) is 2.97. The average Bonchev–Trinajstić information content (AvgIpc) is 2.91. The first-order valence-electron chi connectivity index (χ1n) is 5.50. The van der Waals surface area contributed by atoms with Crippen molar-refractivity contribution in [3.8, 4) is 0 Å². The summed E-state index contributed by atoms with van der Waals surface area (Å²) in [6.45, 7) is 3.75. The summed E-state index contributed by atoms with van der Waals surface area (Å²) in [7, 11) is 1.58. The van der Waals surface area contributed by atoms with Crippen molar-refractivity contribution in [3.63, 3.8) is 0 Å². The average molecular weight is 241 g/mol. The number of rotatable bonds is 2. The molecule has 0 aliphatic carbocycles. The Morgan fingerprint density at radius 1 is 1.35 bits per heavy atom. The summed E-state index contributed by atoms with van der Waals surface area (Å²) < 4.78 is 22.6. The Labute approximate surface area is 98.4 Å². The maximum Gasteiger partial charge on any atom is 0.187 e. The highest BCUT2D eigenvalue weighted by molar-refractivity contribution is 5.07. The number of H-pyrrole nitrogens is 1. The molecule has 17 heavy (non-hydrogen) atoms. The number of fused-ring (bicyclic) bond motifs is 1. The van der Waals surface area contributed by atoms with E-state index in [4.69, 9.17) is 18.9 Å². The molecule has 1 aromatic heterocycles. The fourth-order valence-electron chi connectivity index (χ4n) is 2.34. The van der Waals surface area contributed by atoms with Crippen LogP contribution >= 0.6 is 0 Å². The van der Waals surface area contributed by atoms with Crippen molar-refractivity contribution in [1.82, 2.24) is 15.4 Å². The molecule has 0 aromatic carbocycles. The molecule has 0 saturated carbocycles. The third kappa shape index (κ3) is 1.75. The summed E-state index contributed by atoms with van der Waals surface area (Å²) in [6.07, 6.45) is 0.403. The van der Waals surface area contributed by atoms with Gasteiger partial charge in [-0.05, 0) is 13.8 Å². The molecule has 4 atom stereocenters. The van der Waals surface area contributed by atoms with E-state index in [0.717, 1.165) is 0 Å². The van der Waals surface area contributed by atoms with Crippen molar-refractivity contribution in [2.75, 3.05) is 7.11 Å². The van der Waals surface area contributed by atoms with E-state index in [1.54, 1.807) is 13.3 Å². The van der Waals surface area contributed by atoms with Gasteiger partial charge >= 0.3 is 0 Å². The highest BCUT2D eigenvalue weighted by Crippen LogP contribution is 2.44. The number of hydrogen-bond acceptors (Lipinski definition) is 6. The lowest BCUT2D eigenvalue weighted by Crippen LogP contribution is -2.30. The van der Waals surface area contributed by atoms with Crippen LogP contribution in [0.4, 0.5) is 0 Å². The topological polar surface area (TPSA) is 78.5 Å². The maximum atomic E-state index is 5.83. The summed E-state index contributed by atoms with van der Waals surface area (Å²) >= 11 is 0. The molecular weight excluding hydrogens is 226 g/mol. The van der Waals surface area contributed by atoms with Crippen LogP contribution in [0.25, 0.3) is 0 Å². The number of nitrogens with one attached hydrogen (secondary N) is 1. The van der Waals surface area contributed by atoms with Gasteiger partial charge in [-0.1, -0.05) is 0 Å². The number of aromatic amines is 1. The second-order valence-electron chi connectivity index (χ2n) is 4.62. The van der Waals surface area contributed by atoms with Gasteiger partial charge in [0.15, 0.2) is 12.1 Å². The molecule has 4 unspecified atom stereocenters. The smallest absolute Gasteiger partial charge is 0.187 e. The molecule has 0 radical (unpaired) electrons. The molecule has 0 amide bonds. The summed E-state index contributed by atoms with van der Waals surface area (Å²) in [6, 6.07) is 0. The Morgan fingerprint density at radius 2 is 2.12 bits per heavy atom. The minimum Gasteiger partial charge on any atom is -0.353 e. The lowest BCUT2D eigenvalue weighted by atomic mass is 10.1. The number of methoxy groups -OCH3 is 1. The SMILES string of the molecule is COC1OC(c2cn[nH]n2)C2OC(C)(C)OC12. The van der Waals surface area contributed by atoms with Gasteiger partial charge in [-0.2, -0.15) is 15.4 Å². The number of hydrogen-bond donors (Lipinski definition) is 1. The quantitative estimate of drug-likeness (QED) is 0.805. The molecule has 0 bridgehead atoms. The minimum absolute atomic E-state index is 0.222. The van der Waals surface area contributed by atoms with Crippen LogP contribution in [0.2, 0.25) is 0 Å². The lowest BCUT2D eigenvalue weighted by Gasteiger charge is -2.22. The van der Waals surface area contributed by atoms with E-state index in [2.05, 4.69) is 15.4 Å². The van der Waals surface area contributed by atoms with Gasteiger partial charge in [-0.25, -0.2) is 0 Å². The first kappa shape index (κ1) is 11.1. The van der Waals surface area contributed by atoms with Crippen molar-refractivity contribution in [1.29, 1.82) is 0 Å². The van der Waals surface area contributed by atoms with Crippen LogP contribution in [0.3, 0.4) is 0 Å². The molecule has 2 aliphatic rings. The van der Waals surface area contributed by atoms with Gasteiger partial charge in [0.25, 0.3) is 0 Å². The predicted octanol–water partition coefficient (Wildman–Crippen LogP) is 0.369. The second kappa shape index (κ2) is 3.74. The largest absolute Gasteiger partial charge is 0.353 e. The van der Waals surface area contributed by atoms with E-state index in [9.17, 15) is 0 Å². The van der Waals surface area contributed by atoms with Crippen LogP contribution in [0.5, 0.6) is 0 Å². The monoisotopic (exact) mass is 241 g/mol. The Hall–Kier alpha value is -1.02. The molecule has 2 saturated heterocycles. The van der Waals surface area contributed by atoms with Crippen molar-refractivity contribution in [2.24, 2.45) is 0 Å². The predicted molar refractivity (Wildman–Crippen MR) is 54.8 cm³/mol. The molecule has 94 valence electrons. The van der Waals surface area contributed by atoms with E-state index in [-0.39, 0.29) is 18.3 Å². The van der Waals surface area contributed by atoms with Gasteiger partial charge in [0.05, 0.1) is 6.20 Å². The normalized spacial score (nSPS) is 39.5. The molecule has 7 heteroatoms.